The number of alkyl halides is 3. The maximum absolute atomic E-state index is 13.5. The number of hydrogen-bond acceptors (Lipinski definition) is 5. The minimum Gasteiger partial charge on any atom is -0.486 e. The topological polar surface area (TPSA) is 113 Å². The first kappa shape index (κ1) is 24.3. The number of benzene rings is 2. The number of aliphatic carboxylic acids is 1. The molecule has 8 nitrogen and oxygen atoms in total. The molecule has 0 saturated carbocycles. The van der Waals surface area contributed by atoms with Crippen LogP contribution in [-0.4, -0.2) is 43.6 Å². The van der Waals surface area contributed by atoms with Crippen LogP contribution in [0.4, 0.5) is 18.9 Å². The van der Waals surface area contributed by atoms with Crippen molar-refractivity contribution in [3.8, 4) is 5.75 Å². The highest BCUT2D eigenvalue weighted by molar-refractivity contribution is 9.10. The molecule has 0 radical (unpaired) electrons. The van der Waals surface area contributed by atoms with Crippen LogP contribution in [0.3, 0.4) is 0 Å². The third kappa shape index (κ3) is 4.45. The fourth-order valence-corrected chi connectivity index (χ4v) is 5.98. The Kier molecular flexibility index (Phi) is 6.05. The standard InChI is InChI=1S/C21H18BrF3N2O6S/c22-13-4-5-17-16(9-13)27(34(31,32)15-3-1-2-12(8-15)21(23,24)25)11-14(33-17)10-20(19(29)30)7-6-18(28)26-20/h1-5,8-9,14H,6-7,10-11H2,(H,26,28)(H,29,30). The van der Waals surface area contributed by atoms with E-state index in [-0.39, 0.29) is 37.2 Å². The minimum absolute atomic E-state index is 0.00516. The molecule has 13 heteroatoms. The number of fused-ring (bicyclic) bond motifs is 1. The third-order valence-electron chi connectivity index (χ3n) is 5.75. The lowest BCUT2D eigenvalue weighted by Gasteiger charge is -2.38. The summed E-state index contributed by atoms with van der Waals surface area (Å²) in [5, 5.41) is 12.2. The Morgan fingerprint density at radius 3 is 2.62 bits per heavy atom. The zero-order valence-electron chi connectivity index (χ0n) is 17.3. The molecule has 182 valence electrons. The number of hydrogen-bond donors (Lipinski definition) is 2. The predicted octanol–water partition coefficient (Wildman–Crippen LogP) is 3.55. The van der Waals surface area contributed by atoms with Crippen LogP contribution >= 0.6 is 15.9 Å². The first-order valence-corrected chi connectivity index (χ1v) is 12.3. The van der Waals surface area contributed by atoms with Crippen LogP contribution in [-0.2, 0) is 25.8 Å². The van der Waals surface area contributed by atoms with Crippen LogP contribution in [0.1, 0.15) is 24.8 Å². The van der Waals surface area contributed by atoms with Crippen LogP contribution in [0.15, 0.2) is 51.8 Å². The molecule has 1 amide bonds. The number of rotatable bonds is 5. The maximum atomic E-state index is 13.5. The predicted molar refractivity (Wildman–Crippen MR) is 117 cm³/mol. The van der Waals surface area contributed by atoms with E-state index in [4.69, 9.17) is 4.74 Å². The number of halogens is 4. The molecule has 34 heavy (non-hydrogen) atoms. The van der Waals surface area contributed by atoms with Gasteiger partial charge in [0.15, 0.2) is 0 Å². The van der Waals surface area contributed by atoms with Gasteiger partial charge in [0, 0.05) is 17.3 Å². The Bertz CT molecular complexity index is 1270. The number of ether oxygens (including phenoxy) is 1. The number of carbonyl (C=O) groups excluding carboxylic acids is 1. The van der Waals surface area contributed by atoms with Gasteiger partial charge in [0.25, 0.3) is 10.0 Å². The maximum Gasteiger partial charge on any atom is 0.416 e. The van der Waals surface area contributed by atoms with E-state index in [1.54, 1.807) is 6.07 Å². The van der Waals surface area contributed by atoms with Gasteiger partial charge in [-0.15, -0.1) is 0 Å². The Labute approximate surface area is 200 Å². The molecule has 2 N–H and O–H groups in total. The summed E-state index contributed by atoms with van der Waals surface area (Å²) in [6.45, 7) is -0.368. The molecule has 2 atom stereocenters. The SMILES string of the molecule is O=C1CCC(CC2CN(S(=O)(=O)c3cccc(C(F)(F)F)c3)c3cc(Br)ccc3O2)(C(=O)O)N1. The van der Waals surface area contributed by atoms with Gasteiger partial charge in [-0.2, -0.15) is 13.2 Å². The summed E-state index contributed by atoms with van der Waals surface area (Å²) in [6, 6.07) is 7.88. The van der Waals surface area contributed by atoms with Gasteiger partial charge < -0.3 is 15.2 Å². The molecule has 0 bridgehead atoms. The van der Waals surface area contributed by atoms with Gasteiger partial charge in [-0.3, -0.25) is 9.10 Å². The van der Waals surface area contributed by atoms with E-state index in [0.717, 1.165) is 22.5 Å². The molecular formula is C21H18BrF3N2O6S. The molecule has 1 saturated heterocycles. The van der Waals surface area contributed by atoms with E-state index in [9.17, 15) is 36.3 Å². The second-order valence-electron chi connectivity index (χ2n) is 8.05. The van der Waals surface area contributed by atoms with Gasteiger partial charge in [0.05, 0.1) is 22.7 Å². The molecule has 0 aliphatic carbocycles. The van der Waals surface area contributed by atoms with Gasteiger partial charge in [-0.25, -0.2) is 13.2 Å². The summed E-state index contributed by atoms with van der Waals surface area (Å²) in [5.41, 5.74) is -2.67. The molecule has 2 heterocycles. The number of amides is 1. The zero-order valence-corrected chi connectivity index (χ0v) is 19.7. The molecule has 2 aromatic rings. The van der Waals surface area contributed by atoms with Crippen LogP contribution < -0.4 is 14.4 Å². The molecule has 2 aliphatic rings. The van der Waals surface area contributed by atoms with E-state index in [1.807, 2.05) is 0 Å². The number of nitrogens with one attached hydrogen (secondary N) is 1. The normalized spacial score (nSPS) is 22.6. The lowest BCUT2D eigenvalue weighted by molar-refractivity contribution is -0.146. The fourth-order valence-electron chi connectivity index (χ4n) is 4.09. The summed E-state index contributed by atoms with van der Waals surface area (Å²) >= 11 is 3.25. The molecule has 2 aromatic carbocycles. The van der Waals surface area contributed by atoms with Crippen molar-refractivity contribution in [2.45, 2.75) is 42.0 Å². The van der Waals surface area contributed by atoms with Crippen LogP contribution in [0.25, 0.3) is 0 Å². The van der Waals surface area contributed by atoms with Crippen molar-refractivity contribution in [1.82, 2.24) is 5.32 Å². The van der Waals surface area contributed by atoms with Gasteiger partial charge in [0.2, 0.25) is 5.91 Å². The van der Waals surface area contributed by atoms with Crippen LogP contribution in [0, 0.1) is 0 Å². The quantitative estimate of drug-likeness (QED) is 0.576. The number of carboxylic acids is 1. The molecule has 1 fully saturated rings. The van der Waals surface area contributed by atoms with Gasteiger partial charge in [-0.05, 0) is 42.8 Å². The smallest absolute Gasteiger partial charge is 0.416 e. The van der Waals surface area contributed by atoms with E-state index in [2.05, 4.69) is 21.2 Å². The molecule has 2 aliphatic heterocycles. The molecule has 0 aromatic heterocycles. The Morgan fingerprint density at radius 2 is 2.00 bits per heavy atom. The number of nitrogens with zero attached hydrogens (tertiary/aromatic N) is 1. The summed E-state index contributed by atoms with van der Waals surface area (Å²) in [5.74, 6) is -1.62. The minimum atomic E-state index is -4.74. The van der Waals surface area contributed by atoms with E-state index < -0.39 is 50.2 Å². The Morgan fingerprint density at radius 1 is 1.26 bits per heavy atom. The highest BCUT2D eigenvalue weighted by Crippen LogP contribution is 2.41. The molecule has 4 rings (SSSR count). The number of sulfonamides is 1. The van der Waals surface area contributed by atoms with Crippen molar-refractivity contribution in [3.05, 3.63) is 52.5 Å². The summed E-state index contributed by atoms with van der Waals surface area (Å²) in [7, 11) is -4.49. The number of carbonyl (C=O) groups is 2. The molecule has 2 unspecified atom stereocenters. The van der Waals surface area contributed by atoms with Crippen LogP contribution in [0.5, 0.6) is 5.75 Å². The lowest BCUT2D eigenvalue weighted by atomic mass is 9.90. The largest absolute Gasteiger partial charge is 0.486 e. The molecular weight excluding hydrogens is 545 g/mol. The molecule has 0 spiro atoms. The number of anilines is 1. The monoisotopic (exact) mass is 562 g/mol. The highest BCUT2D eigenvalue weighted by atomic mass is 79.9. The van der Waals surface area contributed by atoms with Crippen molar-refractivity contribution < 1.29 is 41.0 Å². The van der Waals surface area contributed by atoms with Crippen molar-refractivity contribution in [2.24, 2.45) is 0 Å². The summed E-state index contributed by atoms with van der Waals surface area (Å²) in [4.78, 5) is 23.1. The van der Waals surface area contributed by atoms with E-state index in [0.29, 0.717) is 10.5 Å². The second kappa shape index (κ2) is 8.45. The highest BCUT2D eigenvalue weighted by Gasteiger charge is 2.48. The van der Waals surface area contributed by atoms with Gasteiger partial charge >= 0.3 is 12.1 Å². The Hall–Kier alpha value is -2.80. The number of carboxylic acid groups (broad SMARTS) is 1. The van der Waals surface area contributed by atoms with Crippen molar-refractivity contribution >= 4 is 43.5 Å². The third-order valence-corrected chi connectivity index (χ3v) is 8.01. The van der Waals surface area contributed by atoms with Crippen molar-refractivity contribution in [2.75, 3.05) is 10.8 Å². The van der Waals surface area contributed by atoms with Crippen molar-refractivity contribution in [1.29, 1.82) is 0 Å². The van der Waals surface area contributed by atoms with Gasteiger partial charge in [0.1, 0.15) is 17.4 Å². The van der Waals surface area contributed by atoms with Gasteiger partial charge in [-0.1, -0.05) is 22.0 Å². The van der Waals surface area contributed by atoms with Crippen LogP contribution in [0.2, 0.25) is 0 Å². The Balaban J connectivity index is 1.75. The summed E-state index contributed by atoms with van der Waals surface area (Å²) in [6.07, 6.45) is -5.99. The first-order valence-electron chi connectivity index (χ1n) is 10.0. The van der Waals surface area contributed by atoms with E-state index >= 15 is 0 Å². The van der Waals surface area contributed by atoms with Crippen molar-refractivity contribution in [3.63, 3.8) is 0 Å². The average Bonchev–Trinajstić information content (AvgIpc) is 3.14. The fraction of sp³-hybridized carbons (Fsp3) is 0.333. The zero-order chi connectivity index (χ0) is 24.9. The second-order valence-corrected chi connectivity index (χ2v) is 10.8. The average molecular weight is 563 g/mol. The first-order chi connectivity index (χ1) is 15.8. The van der Waals surface area contributed by atoms with E-state index in [1.165, 1.54) is 12.1 Å². The summed E-state index contributed by atoms with van der Waals surface area (Å²) < 4.78 is 73.9. The lowest BCUT2D eigenvalue weighted by Crippen LogP contribution is -2.54.